The summed E-state index contributed by atoms with van der Waals surface area (Å²) in [5.74, 6) is 3.74. The fraction of sp³-hybridized carbons (Fsp3) is 0.583. The van der Waals surface area contributed by atoms with Crippen molar-refractivity contribution in [2.45, 2.75) is 65.6 Å². The summed E-state index contributed by atoms with van der Waals surface area (Å²) in [5.41, 5.74) is 2.55. The maximum Gasteiger partial charge on any atom is 0.113 e. The molecule has 2 unspecified atom stereocenters. The molecular weight excluding hydrogens is 368 g/mol. The van der Waals surface area contributed by atoms with Gasteiger partial charge in [0.1, 0.15) is 12.4 Å². The molecule has 0 aromatic heterocycles. The van der Waals surface area contributed by atoms with Crippen LogP contribution in [0.1, 0.15) is 58.9 Å². The average molecular weight is 405 g/mol. The summed E-state index contributed by atoms with van der Waals surface area (Å²) in [6, 6.07) is 10.4. The zero-order chi connectivity index (χ0) is 21.3. The first-order chi connectivity index (χ1) is 13.9. The van der Waals surface area contributed by atoms with E-state index in [-0.39, 0.29) is 0 Å². The molecule has 2 atom stereocenters. The van der Waals surface area contributed by atoms with Crippen LogP contribution in [0.4, 0.5) is 0 Å². The number of ether oxygens (including phenoxy) is 1. The van der Waals surface area contributed by atoms with E-state index < -0.39 is 5.60 Å². The molecule has 4 rings (SSSR count). The zero-order valence-corrected chi connectivity index (χ0v) is 18.1. The summed E-state index contributed by atoms with van der Waals surface area (Å²) >= 11 is 0. The second-order valence-corrected chi connectivity index (χ2v) is 8.80. The van der Waals surface area contributed by atoms with Gasteiger partial charge in [0.25, 0.3) is 0 Å². The topological polar surface area (TPSA) is 68.2 Å². The summed E-state index contributed by atoms with van der Waals surface area (Å²) in [7, 11) is 0. The monoisotopic (exact) mass is 404 g/mol. The molecule has 0 amide bonds. The Morgan fingerprint density at radius 2 is 1.62 bits per heavy atom. The lowest BCUT2D eigenvalue weighted by Crippen LogP contribution is -2.15. The van der Waals surface area contributed by atoms with Crippen molar-refractivity contribution in [1.82, 2.24) is 0 Å². The molecule has 2 N–H and O–H groups in total. The molecule has 5 heteroatoms. The molecule has 0 bridgehead atoms. The second kappa shape index (κ2) is 11.5. The fourth-order valence-corrected chi connectivity index (χ4v) is 3.13. The number of hydrogen-bond donors (Lipinski definition) is 2. The third-order valence-corrected chi connectivity index (χ3v) is 4.97. The van der Waals surface area contributed by atoms with Gasteiger partial charge in [0.15, 0.2) is 0 Å². The Morgan fingerprint density at radius 3 is 2.14 bits per heavy atom. The van der Waals surface area contributed by atoms with E-state index >= 15 is 0 Å². The molecule has 0 heterocycles. The highest BCUT2D eigenvalue weighted by atomic mass is 17.1. The van der Waals surface area contributed by atoms with E-state index in [4.69, 9.17) is 15.3 Å². The van der Waals surface area contributed by atoms with E-state index in [1.165, 1.54) is 37.0 Å². The third-order valence-electron chi connectivity index (χ3n) is 4.97. The van der Waals surface area contributed by atoms with Crippen LogP contribution >= 0.6 is 0 Å². The van der Waals surface area contributed by atoms with Gasteiger partial charge in [0, 0.05) is 5.92 Å². The van der Waals surface area contributed by atoms with Crippen LogP contribution in [0.2, 0.25) is 0 Å². The van der Waals surface area contributed by atoms with Crippen molar-refractivity contribution in [3.8, 4) is 0 Å². The van der Waals surface area contributed by atoms with Crippen molar-refractivity contribution in [3.05, 3.63) is 59.4 Å². The van der Waals surface area contributed by atoms with Gasteiger partial charge in [-0.2, -0.15) is 0 Å². The molecule has 0 radical (unpaired) electrons. The Kier molecular flexibility index (Phi) is 9.37. The Balaban J connectivity index is 0.000000254. The summed E-state index contributed by atoms with van der Waals surface area (Å²) in [5, 5.41) is 15.3. The van der Waals surface area contributed by atoms with Gasteiger partial charge in [-0.15, -0.1) is 0 Å². The molecule has 0 spiro atoms. The van der Waals surface area contributed by atoms with Crippen LogP contribution in [0, 0.1) is 17.8 Å². The van der Waals surface area contributed by atoms with Crippen LogP contribution in [0.3, 0.4) is 0 Å². The summed E-state index contributed by atoms with van der Waals surface area (Å²) in [6.45, 7) is 8.11. The maximum atomic E-state index is 7.90. The Hall–Kier alpha value is -1.66. The average Bonchev–Trinajstić information content (AvgIpc) is 3.63. The van der Waals surface area contributed by atoms with Crippen LogP contribution in [-0.4, -0.2) is 22.7 Å². The van der Waals surface area contributed by atoms with Crippen molar-refractivity contribution in [2.24, 2.45) is 17.8 Å². The Labute approximate surface area is 174 Å². The number of benzene rings is 1. The summed E-state index contributed by atoms with van der Waals surface area (Å²) in [4.78, 5) is 7.48. The van der Waals surface area contributed by atoms with Gasteiger partial charge in [0.2, 0.25) is 0 Å². The highest BCUT2D eigenvalue weighted by Crippen LogP contribution is 2.54. The molecule has 162 valence electrons. The minimum Gasteiger partial charge on any atom is -0.493 e. The van der Waals surface area contributed by atoms with Gasteiger partial charge in [-0.05, 0) is 76.9 Å². The standard InChI is InChI=1S/C18H20O.C4H10O2.C2H6O2/c1-2-4-14(5-3-1)12-19-18-9-8-15(10-13-6-7-13)16-11-17(16)18;1-4(2,3)6-5;1-2-4-3/h1-5,8-9,13,16-17H,6-7,10-12H2;5H,1-3H3;3H,2H2,1H3. The maximum absolute atomic E-state index is 7.90. The lowest BCUT2D eigenvalue weighted by atomic mass is 9.98. The first-order valence-electron chi connectivity index (χ1n) is 10.5. The first kappa shape index (κ1) is 23.6. The molecule has 3 aliphatic rings. The van der Waals surface area contributed by atoms with Crippen LogP contribution in [-0.2, 0) is 21.1 Å². The van der Waals surface area contributed by atoms with Gasteiger partial charge in [-0.3, -0.25) is 10.5 Å². The second-order valence-electron chi connectivity index (χ2n) is 8.80. The highest BCUT2D eigenvalue weighted by molar-refractivity contribution is 5.34. The minimum atomic E-state index is -0.403. The molecule has 1 aromatic rings. The van der Waals surface area contributed by atoms with E-state index in [1.807, 2.05) is 6.07 Å². The van der Waals surface area contributed by atoms with Crippen molar-refractivity contribution in [3.63, 3.8) is 0 Å². The third kappa shape index (κ3) is 9.13. The summed E-state index contributed by atoms with van der Waals surface area (Å²) in [6.07, 6.45) is 10.1. The largest absolute Gasteiger partial charge is 0.493 e. The molecule has 3 aliphatic carbocycles. The fourth-order valence-electron chi connectivity index (χ4n) is 3.13. The van der Waals surface area contributed by atoms with Crippen molar-refractivity contribution in [2.75, 3.05) is 6.61 Å². The van der Waals surface area contributed by atoms with Gasteiger partial charge < -0.3 is 4.74 Å². The molecule has 29 heavy (non-hydrogen) atoms. The van der Waals surface area contributed by atoms with Crippen LogP contribution in [0.15, 0.2) is 53.8 Å². The summed E-state index contributed by atoms with van der Waals surface area (Å²) < 4.78 is 6.01. The normalized spacial score (nSPS) is 22.0. The molecule has 5 nitrogen and oxygen atoms in total. The molecule has 2 fully saturated rings. The molecule has 1 aromatic carbocycles. The predicted molar refractivity (Wildman–Crippen MR) is 114 cm³/mol. The molecule has 0 saturated heterocycles. The molecule has 0 aliphatic heterocycles. The van der Waals surface area contributed by atoms with Gasteiger partial charge >= 0.3 is 0 Å². The Morgan fingerprint density at radius 1 is 1.00 bits per heavy atom. The molecule has 2 saturated carbocycles. The van der Waals surface area contributed by atoms with Gasteiger partial charge in [-0.25, -0.2) is 9.78 Å². The number of rotatable bonds is 6. The SMILES string of the molecule is C1=C(CC2CC2)C2CC2C(OCc2ccccc2)=C1.CC(C)(C)OO.CCOO. The van der Waals surface area contributed by atoms with Crippen molar-refractivity contribution >= 4 is 0 Å². The van der Waals surface area contributed by atoms with E-state index in [0.29, 0.717) is 19.1 Å². The van der Waals surface area contributed by atoms with E-state index in [1.54, 1.807) is 33.3 Å². The lowest BCUT2D eigenvalue weighted by molar-refractivity contribution is -0.306. The minimum absolute atomic E-state index is 0.375. The smallest absolute Gasteiger partial charge is 0.113 e. The highest BCUT2D eigenvalue weighted by Gasteiger charge is 2.45. The van der Waals surface area contributed by atoms with Crippen LogP contribution < -0.4 is 0 Å². The first-order valence-corrected chi connectivity index (χ1v) is 10.5. The van der Waals surface area contributed by atoms with Crippen molar-refractivity contribution in [1.29, 1.82) is 0 Å². The zero-order valence-electron chi connectivity index (χ0n) is 18.1. The number of allylic oxidation sites excluding steroid dienone is 4. The number of hydrogen-bond acceptors (Lipinski definition) is 5. The van der Waals surface area contributed by atoms with Crippen molar-refractivity contribution < 1.29 is 25.0 Å². The predicted octanol–water partition coefficient (Wildman–Crippen LogP) is 6.23. The van der Waals surface area contributed by atoms with Crippen LogP contribution in [0.5, 0.6) is 0 Å². The van der Waals surface area contributed by atoms with E-state index in [2.05, 4.69) is 46.2 Å². The van der Waals surface area contributed by atoms with Crippen LogP contribution in [0.25, 0.3) is 0 Å². The quantitative estimate of drug-likeness (QED) is 0.434. The Bertz CT molecular complexity index is 654. The van der Waals surface area contributed by atoms with Gasteiger partial charge in [-0.1, -0.05) is 42.0 Å². The lowest BCUT2D eigenvalue weighted by Gasteiger charge is -2.15. The molecular formula is C24H36O5. The van der Waals surface area contributed by atoms with Gasteiger partial charge in [0.05, 0.1) is 12.2 Å². The van der Waals surface area contributed by atoms with E-state index in [0.717, 1.165) is 11.8 Å². The van der Waals surface area contributed by atoms with E-state index in [9.17, 15) is 0 Å². The number of fused-ring (bicyclic) bond motifs is 1.